The lowest BCUT2D eigenvalue weighted by Crippen LogP contribution is -2.49. The molecule has 0 radical (unpaired) electrons. The first-order chi connectivity index (χ1) is 17.9. The van der Waals surface area contributed by atoms with E-state index in [9.17, 15) is 18.0 Å². The molecule has 8 nitrogen and oxygen atoms in total. The standard InChI is InChI=1S/C27H37Cl2N3O5S/c1-6-19(3)30-27(34)20(4)31(18-21-22(28)12-10-13-23(21)29)26(33)16-11-17-32(38(5,35)36)24-14-8-9-15-25(24)37-7-2/h8-10,12-15,19-20H,6-7,11,16-18H2,1-5H3,(H,30,34)/t19-,20-/m0/s1. The minimum Gasteiger partial charge on any atom is -0.492 e. The lowest BCUT2D eigenvalue weighted by molar-refractivity contribution is -0.140. The fourth-order valence-electron chi connectivity index (χ4n) is 3.83. The van der Waals surface area contributed by atoms with Crippen molar-refractivity contribution in [2.45, 2.75) is 65.6 Å². The molecule has 1 N–H and O–H groups in total. The number of amides is 2. The number of sulfonamides is 1. The maximum atomic E-state index is 13.5. The Bertz CT molecular complexity index is 1190. The normalized spacial score (nSPS) is 12.9. The number of nitrogens with zero attached hydrogens (tertiary/aromatic N) is 2. The first-order valence-electron chi connectivity index (χ1n) is 12.6. The number of benzene rings is 2. The van der Waals surface area contributed by atoms with Gasteiger partial charge in [-0.25, -0.2) is 8.42 Å². The Kier molecular flexibility index (Phi) is 12.2. The molecule has 0 unspecified atom stereocenters. The average molecular weight is 587 g/mol. The van der Waals surface area contributed by atoms with Crippen molar-refractivity contribution < 1.29 is 22.7 Å². The Hall–Kier alpha value is -2.49. The van der Waals surface area contributed by atoms with Gasteiger partial charge in [-0.3, -0.25) is 13.9 Å². The predicted molar refractivity (Wildman–Crippen MR) is 153 cm³/mol. The van der Waals surface area contributed by atoms with Crippen LogP contribution in [0.3, 0.4) is 0 Å². The Balaban J connectivity index is 2.27. The highest BCUT2D eigenvalue weighted by Gasteiger charge is 2.28. The number of hydrogen-bond donors (Lipinski definition) is 1. The Morgan fingerprint density at radius 1 is 1.03 bits per heavy atom. The van der Waals surface area contributed by atoms with Gasteiger partial charge in [0.15, 0.2) is 0 Å². The molecule has 0 spiro atoms. The van der Waals surface area contributed by atoms with Crippen molar-refractivity contribution in [3.63, 3.8) is 0 Å². The zero-order chi connectivity index (χ0) is 28.5. The summed E-state index contributed by atoms with van der Waals surface area (Å²) in [7, 11) is -3.65. The molecule has 0 heterocycles. The predicted octanol–water partition coefficient (Wildman–Crippen LogP) is 5.27. The molecule has 38 heavy (non-hydrogen) atoms. The summed E-state index contributed by atoms with van der Waals surface area (Å²) in [6, 6.07) is 11.1. The summed E-state index contributed by atoms with van der Waals surface area (Å²) in [6.07, 6.45) is 2.09. The van der Waals surface area contributed by atoms with E-state index in [1.807, 2.05) is 20.8 Å². The number of para-hydroxylation sites is 2. The van der Waals surface area contributed by atoms with E-state index in [1.165, 1.54) is 9.21 Å². The zero-order valence-corrected chi connectivity index (χ0v) is 24.9. The van der Waals surface area contributed by atoms with Crippen molar-refractivity contribution in [3.8, 4) is 5.75 Å². The van der Waals surface area contributed by atoms with Gasteiger partial charge in [-0.05, 0) is 57.9 Å². The van der Waals surface area contributed by atoms with Gasteiger partial charge in [0.25, 0.3) is 0 Å². The Morgan fingerprint density at radius 3 is 2.24 bits per heavy atom. The van der Waals surface area contributed by atoms with Gasteiger partial charge < -0.3 is 15.0 Å². The van der Waals surface area contributed by atoms with E-state index in [-0.39, 0.29) is 43.8 Å². The molecule has 0 aliphatic rings. The molecule has 0 aromatic heterocycles. The molecule has 2 rings (SSSR count). The first kappa shape index (κ1) is 31.7. The second-order valence-corrected chi connectivity index (χ2v) is 11.8. The quantitative estimate of drug-likeness (QED) is 0.326. The number of carbonyl (C=O) groups is 2. The van der Waals surface area contributed by atoms with Gasteiger partial charge in [0, 0.05) is 41.2 Å². The lowest BCUT2D eigenvalue weighted by atomic mass is 10.1. The van der Waals surface area contributed by atoms with Gasteiger partial charge in [0.05, 0.1) is 18.6 Å². The highest BCUT2D eigenvalue weighted by Crippen LogP contribution is 2.31. The number of halogens is 2. The maximum absolute atomic E-state index is 13.5. The minimum absolute atomic E-state index is 0.00580. The number of hydrogen-bond acceptors (Lipinski definition) is 5. The van der Waals surface area contributed by atoms with E-state index in [2.05, 4.69) is 5.32 Å². The number of ether oxygens (including phenoxy) is 1. The van der Waals surface area contributed by atoms with E-state index in [4.69, 9.17) is 27.9 Å². The van der Waals surface area contributed by atoms with Gasteiger partial charge in [0.1, 0.15) is 11.8 Å². The molecule has 11 heteroatoms. The van der Waals surface area contributed by atoms with E-state index in [1.54, 1.807) is 49.4 Å². The van der Waals surface area contributed by atoms with Crippen molar-refractivity contribution in [2.75, 3.05) is 23.7 Å². The first-order valence-corrected chi connectivity index (χ1v) is 15.2. The lowest BCUT2D eigenvalue weighted by Gasteiger charge is -2.31. The summed E-state index contributed by atoms with van der Waals surface area (Å²) >= 11 is 12.7. The molecule has 0 saturated heterocycles. The summed E-state index contributed by atoms with van der Waals surface area (Å²) in [5.41, 5.74) is 0.945. The molecule has 0 aliphatic heterocycles. The molecule has 2 amide bonds. The van der Waals surface area contributed by atoms with E-state index < -0.39 is 16.1 Å². The average Bonchev–Trinajstić information content (AvgIpc) is 2.86. The molecule has 2 atom stereocenters. The van der Waals surface area contributed by atoms with E-state index >= 15 is 0 Å². The van der Waals surface area contributed by atoms with Crippen molar-refractivity contribution in [3.05, 3.63) is 58.1 Å². The SMILES string of the molecule is CCOc1ccccc1N(CCCC(=O)N(Cc1c(Cl)cccc1Cl)[C@@H](C)C(=O)N[C@@H](C)CC)S(C)(=O)=O. The van der Waals surface area contributed by atoms with Crippen LogP contribution in [0.2, 0.25) is 10.0 Å². The van der Waals surface area contributed by atoms with Gasteiger partial charge in [0.2, 0.25) is 21.8 Å². The van der Waals surface area contributed by atoms with E-state index in [0.29, 0.717) is 33.7 Å². The zero-order valence-electron chi connectivity index (χ0n) is 22.5. The summed E-state index contributed by atoms with van der Waals surface area (Å²) in [4.78, 5) is 27.9. The Labute approximate surface area is 236 Å². The van der Waals surface area contributed by atoms with Crippen LogP contribution in [0.4, 0.5) is 5.69 Å². The van der Waals surface area contributed by atoms with Crippen molar-refractivity contribution in [1.82, 2.24) is 10.2 Å². The molecule has 0 saturated carbocycles. The molecular weight excluding hydrogens is 549 g/mol. The van der Waals surface area contributed by atoms with Gasteiger partial charge in [-0.1, -0.05) is 48.3 Å². The Morgan fingerprint density at radius 2 is 1.66 bits per heavy atom. The van der Waals surface area contributed by atoms with Crippen LogP contribution in [0, 0.1) is 0 Å². The van der Waals surface area contributed by atoms with Crippen molar-refractivity contribution in [2.24, 2.45) is 0 Å². The third-order valence-electron chi connectivity index (χ3n) is 6.14. The van der Waals surface area contributed by atoms with Gasteiger partial charge in [-0.2, -0.15) is 0 Å². The molecule has 2 aromatic carbocycles. The summed E-state index contributed by atoms with van der Waals surface area (Å²) in [6.45, 7) is 7.79. The molecule has 210 valence electrons. The number of anilines is 1. The largest absolute Gasteiger partial charge is 0.492 e. The minimum atomic E-state index is -3.65. The van der Waals surface area contributed by atoms with Crippen molar-refractivity contribution >= 4 is 50.7 Å². The third-order valence-corrected chi connectivity index (χ3v) is 8.03. The molecule has 2 aromatic rings. The summed E-state index contributed by atoms with van der Waals surface area (Å²) in [5.74, 6) is -0.171. The van der Waals surface area contributed by atoms with Crippen LogP contribution >= 0.6 is 23.2 Å². The maximum Gasteiger partial charge on any atom is 0.242 e. The molecule has 0 aliphatic carbocycles. The van der Waals surface area contributed by atoms with Crippen LogP contribution in [-0.4, -0.2) is 56.6 Å². The topological polar surface area (TPSA) is 96.0 Å². The van der Waals surface area contributed by atoms with Crippen LogP contribution in [0.5, 0.6) is 5.75 Å². The van der Waals surface area contributed by atoms with Gasteiger partial charge >= 0.3 is 0 Å². The van der Waals surface area contributed by atoms with Crippen LogP contribution in [0.15, 0.2) is 42.5 Å². The fourth-order valence-corrected chi connectivity index (χ4v) is 5.31. The third kappa shape index (κ3) is 8.78. The summed E-state index contributed by atoms with van der Waals surface area (Å²) in [5, 5.41) is 3.69. The van der Waals surface area contributed by atoms with Gasteiger partial charge in [-0.15, -0.1) is 0 Å². The highest BCUT2D eigenvalue weighted by atomic mass is 35.5. The molecule has 0 fully saturated rings. The number of nitrogens with one attached hydrogen (secondary N) is 1. The number of carbonyl (C=O) groups excluding carboxylic acids is 2. The van der Waals surface area contributed by atoms with E-state index in [0.717, 1.165) is 12.7 Å². The summed E-state index contributed by atoms with van der Waals surface area (Å²) < 4.78 is 32.1. The molecule has 0 bridgehead atoms. The van der Waals surface area contributed by atoms with Crippen LogP contribution < -0.4 is 14.4 Å². The smallest absolute Gasteiger partial charge is 0.242 e. The number of rotatable bonds is 14. The van der Waals surface area contributed by atoms with Crippen molar-refractivity contribution in [1.29, 1.82) is 0 Å². The highest BCUT2D eigenvalue weighted by molar-refractivity contribution is 7.92. The second-order valence-electron chi connectivity index (χ2n) is 9.06. The monoisotopic (exact) mass is 585 g/mol. The molecular formula is C27H37Cl2N3O5S. The van der Waals surface area contributed by atoms with Crippen LogP contribution in [-0.2, 0) is 26.2 Å². The fraction of sp³-hybridized carbons (Fsp3) is 0.481. The second kappa shape index (κ2) is 14.6. The van der Waals surface area contributed by atoms with Crippen LogP contribution in [0.25, 0.3) is 0 Å². The van der Waals surface area contributed by atoms with Crippen LogP contribution in [0.1, 0.15) is 52.5 Å².